The first-order valence-electron chi connectivity index (χ1n) is 7.84. The van der Waals surface area contributed by atoms with Crippen LogP contribution >= 0.6 is 0 Å². The lowest BCUT2D eigenvalue weighted by Crippen LogP contribution is -2.26. The molecule has 1 heterocycles. The van der Waals surface area contributed by atoms with Crippen LogP contribution in [-0.4, -0.2) is 16.0 Å². The second kappa shape index (κ2) is 7.13. The molecule has 1 unspecified atom stereocenters. The molecule has 4 nitrogen and oxygen atoms in total. The van der Waals surface area contributed by atoms with Crippen molar-refractivity contribution in [3.05, 3.63) is 83.9 Å². The second-order valence-corrected chi connectivity index (χ2v) is 5.76. The Morgan fingerprint density at radius 2 is 1.72 bits per heavy atom. The summed E-state index contributed by atoms with van der Waals surface area (Å²) in [6, 6.07) is 14.2. The van der Waals surface area contributed by atoms with Gasteiger partial charge in [0.05, 0.1) is 11.6 Å². The molecular weight excluding hydrogens is 319 g/mol. The minimum absolute atomic E-state index is 0.179. The van der Waals surface area contributed by atoms with Gasteiger partial charge in [-0.25, -0.2) is 4.39 Å². The first kappa shape index (κ1) is 16.6. The zero-order valence-electron chi connectivity index (χ0n) is 13.6. The highest BCUT2D eigenvalue weighted by Gasteiger charge is 2.13. The molecule has 0 spiro atoms. The van der Waals surface area contributed by atoms with Gasteiger partial charge >= 0.3 is 0 Å². The standard InChI is InChI=1S/C20H17FN2O2/c1-13(14-2-6-18(21)7-3-14)23-20(25)17-10-16(11-22-12-17)15-4-8-19(24)9-5-15/h2-13,24H,1H3,(H,23,25). The van der Waals surface area contributed by atoms with Gasteiger partial charge in [-0.05, 0) is 48.4 Å². The summed E-state index contributed by atoms with van der Waals surface area (Å²) in [5, 5.41) is 12.2. The smallest absolute Gasteiger partial charge is 0.253 e. The van der Waals surface area contributed by atoms with Gasteiger partial charge in [0.1, 0.15) is 11.6 Å². The molecule has 1 aromatic heterocycles. The minimum atomic E-state index is -0.312. The third kappa shape index (κ3) is 4.01. The van der Waals surface area contributed by atoms with Crippen molar-refractivity contribution < 1.29 is 14.3 Å². The number of nitrogens with one attached hydrogen (secondary N) is 1. The lowest BCUT2D eigenvalue weighted by atomic mass is 10.0. The van der Waals surface area contributed by atoms with Gasteiger partial charge in [-0.15, -0.1) is 0 Å². The van der Waals surface area contributed by atoms with Gasteiger partial charge in [-0.1, -0.05) is 24.3 Å². The monoisotopic (exact) mass is 336 g/mol. The number of carbonyl (C=O) groups is 1. The Morgan fingerprint density at radius 1 is 1.04 bits per heavy atom. The Kier molecular flexibility index (Phi) is 4.75. The number of pyridine rings is 1. The number of phenolic OH excluding ortho intramolecular Hbond substituents is 1. The van der Waals surface area contributed by atoms with Crippen LogP contribution in [0, 0.1) is 5.82 Å². The molecule has 3 aromatic rings. The molecule has 0 saturated carbocycles. The van der Waals surface area contributed by atoms with Crippen molar-refractivity contribution in [1.82, 2.24) is 10.3 Å². The lowest BCUT2D eigenvalue weighted by molar-refractivity contribution is 0.0939. The Hall–Kier alpha value is -3.21. The number of aromatic nitrogens is 1. The van der Waals surface area contributed by atoms with E-state index >= 15 is 0 Å². The molecule has 0 aliphatic carbocycles. The summed E-state index contributed by atoms with van der Waals surface area (Å²) < 4.78 is 13.0. The average Bonchev–Trinajstić information content (AvgIpc) is 2.63. The summed E-state index contributed by atoms with van der Waals surface area (Å²) in [7, 11) is 0. The molecule has 126 valence electrons. The maximum absolute atomic E-state index is 13.0. The van der Waals surface area contributed by atoms with Gasteiger partial charge in [-0.2, -0.15) is 0 Å². The SMILES string of the molecule is CC(NC(=O)c1cncc(-c2ccc(O)cc2)c1)c1ccc(F)cc1. The molecule has 0 radical (unpaired) electrons. The molecule has 25 heavy (non-hydrogen) atoms. The lowest BCUT2D eigenvalue weighted by Gasteiger charge is -2.14. The summed E-state index contributed by atoms with van der Waals surface area (Å²) >= 11 is 0. The highest BCUT2D eigenvalue weighted by Crippen LogP contribution is 2.22. The molecule has 2 aromatic carbocycles. The number of halogens is 1. The van der Waals surface area contributed by atoms with Crippen molar-refractivity contribution in [2.45, 2.75) is 13.0 Å². The van der Waals surface area contributed by atoms with Crippen LogP contribution in [-0.2, 0) is 0 Å². The van der Waals surface area contributed by atoms with E-state index in [2.05, 4.69) is 10.3 Å². The summed E-state index contributed by atoms with van der Waals surface area (Å²) in [6.07, 6.45) is 3.16. The number of hydrogen-bond donors (Lipinski definition) is 2. The molecule has 0 saturated heterocycles. The van der Waals surface area contributed by atoms with Gasteiger partial charge in [-0.3, -0.25) is 9.78 Å². The number of benzene rings is 2. The second-order valence-electron chi connectivity index (χ2n) is 5.76. The molecule has 0 aliphatic heterocycles. The van der Waals surface area contributed by atoms with Crippen LogP contribution in [0.1, 0.15) is 28.9 Å². The van der Waals surface area contributed by atoms with Gasteiger partial charge in [0.25, 0.3) is 5.91 Å². The third-order valence-electron chi connectivity index (χ3n) is 3.92. The van der Waals surface area contributed by atoms with Crippen molar-refractivity contribution in [1.29, 1.82) is 0 Å². The van der Waals surface area contributed by atoms with Crippen molar-refractivity contribution in [2.24, 2.45) is 0 Å². The average molecular weight is 336 g/mol. The van der Waals surface area contributed by atoms with E-state index < -0.39 is 0 Å². The Bertz CT molecular complexity index is 877. The van der Waals surface area contributed by atoms with Crippen LogP contribution in [0.3, 0.4) is 0 Å². The van der Waals surface area contributed by atoms with Crippen LogP contribution in [0.4, 0.5) is 4.39 Å². The number of rotatable bonds is 4. The highest BCUT2D eigenvalue weighted by atomic mass is 19.1. The predicted octanol–water partition coefficient (Wildman–Crippen LogP) is 4.08. The minimum Gasteiger partial charge on any atom is -0.508 e. The molecule has 0 bridgehead atoms. The zero-order valence-corrected chi connectivity index (χ0v) is 13.6. The van der Waals surface area contributed by atoms with Crippen molar-refractivity contribution in [2.75, 3.05) is 0 Å². The normalized spacial score (nSPS) is 11.8. The van der Waals surface area contributed by atoms with Gasteiger partial charge in [0, 0.05) is 18.0 Å². The summed E-state index contributed by atoms with van der Waals surface area (Å²) in [5.41, 5.74) is 2.88. The Morgan fingerprint density at radius 3 is 2.40 bits per heavy atom. The first-order chi connectivity index (χ1) is 12.0. The van der Waals surface area contributed by atoms with E-state index in [1.54, 1.807) is 48.7 Å². The van der Waals surface area contributed by atoms with Crippen molar-refractivity contribution in [3.63, 3.8) is 0 Å². The molecule has 1 amide bonds. The molecule has 0 fully saturated rings. The van der Waals surface area contributed by atoms with Crippen LogP contribution in [0.5, 0.6) is 5.75 Å². The van der Waals surface area contributed by atoms with E-state index in [-0.39, 0.29) is 23.5 Å². The van der Waals surface area contributed by atoms with E-state index in [9.17, 15) is 14.3 Å². The number of nitrogens with zero attached hydrogens (tertiary/aromatic N) is 1. The highest BCUT2D eigenvalue weighted by molar-refractivity contribution is 5.95. The number of phenols is 1. The van der Waals surface area contributed by atoms with Crippen LogP contribution in [0.25, 0.3) is 11.1 Å². The van der Waals surface area contributed by atoms with E-state index in [1.165, 1.54) is 18.3 Å². The number of carbonyl (C=O) groups excluding carboxylic acids is 1. The fourth-order valence-corrected chi connectivity index (χ4v) is 2.49. The first-order valence-corrected chi connectivity index (χ1v) is 7.84. The summed E-state index contributed by atoms with van der Waals surface area (Å²) in [6.45, 7) is 1.84. The van der Waals surface area contributed by atoms with Crippen molar-refractivity contribution in [3.8, 4) is 16.9 Å². The number of aromatic hydroxyl groups is 1. The van der Waals surface area contributed by atoms with Gasteiger partial charge in [0.2, 0.25) is 0 Å². The molecular formula is C20H17FN2O2. The quantitative estimate of drug-likeness (QED) is 0.754. The maximum atomic E-state index is 13.0. The largest absolute Gasteiger partial charge is 0.508 e. The predicted molar refractivity (Wildman–Crippen MR) is 93.6 cm³/mol. The summed E-state index contributed by atoms with van der Waals surface area (Å²) in [4.78, 5) is 16.6. The van der Waals surface area contributed by atoms with Gasteiger partial charge < -0.3 is 10.4 Å². The zero-order chi connectivity index (χ0) is 17.8. The van der Waals surface area contributed by atoms with E-state index in [1.807, 2.05) is 6.92 Å². The topological polar surface area (TPSA) is 62.2 Å². The van der Waals surface area contributed by atoms with E-state index in [4.69, 9.17) is 0 Å². The summed E-state index contributed by atoms with van der Waals surface area (Å²) in [5.74, 6) is -0.392. The van der Waals surface area contributed by atoms with Gasteiger partial charge in [0.15, 0.2) is 0 Å². The van der Waals surface area contributed by atoms with Crippen LogP contribution < -0.4 is 5.32 Å². The van der Waals surface area contributed by atoms with Crippen LogP contribution in [0.15, 0.2) is 67.0 Å². The van der Waals surface area contributed by atoms with E-state index in [0.717, 1.165) is 16.7 Å². The molecule has 3 rings (SSSR count). The molecule has 0 aliphatic rings. The van der Waals surface area contributed by atoms with E-state index in [0.29, 0.717) is 5.56 Å². The molecule has 5 heteroatoms. The molecule has 1 atom stereocenters. The Balaban J connectivity index is 1.77. The fourth-order valence-electron chi connectivity index (χ4n) is 2.49. The maximum Gasteiger partial charge on any atom is 0.253 e. The van der Waals surface area contributed by atoms with Crippen LogP contribution in [0.2, 0.25) is 0 Å². The Labute approximate surface area is 145 Å². The molecule has 2 N–H and O–H groups in total. The van der Waals surface area contributed by atoms with Crippen molar-refractivity contribution >= 4 is 5.91 Å². The fraction of sp³-hybridized carbons (Fsp3) is 0.100. The third-order valence-corrected chi connectivity index (χ3v) is 3.92. The number of hydrogen-bond acceptors (Lipinski definition) is 3. The number of amides is 1.